The van der Waals surface area contributed by atoms with Gasteiger partial charge in [-0.3, -0.25) is 4.99 Å². The molecule has 78 valence electrons. The lowest BCUT2D eigenvalue weighted by molar-refractivity contribution is 0.740. The van der Waals surface area contributed by atoms with Gasteiger partial charge in [-0.2, -0.15) is 0 Å². The molecule has 0 spiro atoms. The molecule has 0 amide bonds. The summed E-state index contributed by atoms with van der Waals surface area (Å²) in [7, 11) is 0. The molecule has 0 atom stereocenters. The van der Waals surface area contributed by atoms with Gasteiger partial charge in [0, 0.05) is 11.4 Å². The predicted molar refractivity (Wildman–Crippen MR) is 66.9 cm³/mol. The van der Waals surface area contributed by atoms with Crippen molar-refractivity contribution in [3.63, 3.8) is 0 Å². The van der Waals surface area contributed by atoms with Crippen LogP contribution < -0.4 is 10.4 Å². The second kappa shape index (κ2) is 4.92. The summed E-state index contributed by atoms with van der Waals surface area (Å²) in [5.74, 6) is 0. The molecular weight excluding hydrogens is 182 g/mol. The van der Waals surface area contributed by atoms with E-state index in [0.29, 0.717) is 0 Å². The van der Waals surface area contributed by atoms with Crippen LogP contribution in [0.1, 0.15) is 32.6 Å². The summed E-state index contributed by atoms with van der Waals surface area (Å²) in [4.78, 5) is 4.30. The molecule has 1 nitrogen and oxygen atoms in total. The van der Waals surface area contributed by atoms with Gasteiger partial charge in [-0.05, 0) is 30.2 Å². The van der Waals surface area contributed by atoms with E-state index in [1.807, 2.05) is 6.21 Å². The molecule has 1 aromatic rings. The van der Waals surface area contributed by atoms with E-state index in [0.717, 1.165) is 5.69 Å². The van der Waals surface area contributed by atoms with Gasteiger partial charge < -0.3 is 0 Å². The Balaban J connectivity index is 2.10. The zero-order chi connectivity index (χ0) is 10.5. The summed E-state index contributed by atoms with van der Waals surface area (Å²) >= 11 is 0. The fourth-order valence-electron chi connectivity index (χ4n) is 1.80. The van der Waals surface area contributed by atoms with E-state index in [1.54, 1.807) is 0 Å². The topological polar surface area (TPSA) is 12.4 Å². The quantitative estimate of drug-likeness (QED) is 0.661. The molecule has 0 aromatic heterocycles. The van der Waals surface area contributed by atoms with Crippen LogP contribution in [0.15, 0.2) is 23.2 Å². The highest BCUT2D eigenvalue weighted by molar-refractivity contribution is 5.96. The molecule has 0 saturated heterocycles. The maximum absolute atomic E-state index is 4.30. The molecule has 1 aliphatic rings. The second-order valence-electron chi connectivity index (χ2n) is 3.96. The summed E-state index contributed by atoms with van der Waals surface area (Å²) in [6.07, 6.45) is 11.3. The summed E-state index contributed by atoms with van der Waals surface area (Å²) in [5.41, 5.74) is 1.11. The molecule has 1 heterocycles. The number of rotatable bonds is 4. The smallest absolute Gasteiger partial charge is 0.0708 e. The zero-order valence-electron chi connectivity index (χ0n) is 9.24. The van der Waals surface area contributed by atoms with Crippen molar-refractivity contribution in [3.8, 4) is 0 Å². The molecule has 2 rings (SSSR count). The Morgan fingerprint density at radius 3 is 3.07 bits per heavy atom. The highest BCUT2D eigenvalue weighted by Gasteiger charge is 1.95. The van der Waals surface area contributed by atoms with Gasteiger partial charge in [0.05, 0.1) is 5.69 Å². The third kappa shape index (κ3) is 2.56. The van der Waals surface area contributed by atoms with E-state index in [2.05, 4.69) is 42.3 Å². The van der Waals surface area contributed by atoms with Crippen LogP contribution in [0, 0.1) is 0 Å². The minimum atomic E-state index is 1.11. The number of hydrogen-bond donors (Lipinski definition) is 0. The predicted octanol–water partition coefficient (Wildman–Crippen LogP) is 2.54. The SMILES string of the molecule is CCCCCC=c1ccc2c(c1)N=CC=2. The third-order valence-corrected chi connectivity index (χ3v) is 2.71. The molecule has 1 heteroatoms. The monoisotopic (exact) mass is 199 g/mol. The van der Waals surface area contributed by atoms with E-state index in [4.69, 9.17) is 0 Å². The van der Waals surface area contributed by atoms with E-state index in [9.17, 15) is 0 Å². The first kappa shape index (κ1) is 10.2. The van der Waals surface area contributed by atoms with Gasteiger partial charge in [0.1, 0.15) is 0 Å². The summed E-state index contributed by atoms with van der Waals surface area (Å²) < 4.78 is 0. The molecule has 0 fully saturated rings. The van der Waals surface area contributed by atoms with Crippen LogP contribution in [0.2, 0.25) is 0 Å². The fraction of sp³-hybridized carbons (Fsp3) is 0.357. The lowest BCUT2D eigenvalue weighted by Crippen LogP contribution is -2.06. The van der Waals surface area contributed by atoms with E-state index < -0.39 is 0 Å². The number of hydrogen-bond acceptors (Lipinski definition) is 1. The Morgan fingerprint density at radius 2 is 2.20 bits per heavy atom. The van der Waals surface area contributed by atoms with Gasteiger partial charge in [0.25, 0.3) is 0 Å². The van der Waals surface area contributed by atoms with Gasteiger partial charge in [-0.25, -0.2) is 0 Å². The maximum Gasteiger partial charge on any atom is 0.0708 e. The minimum Gasteiger partial charge on any atom is -0.256 e. The minimum absolute atomic E-state index is 1.11. The largest absolute Gasteiger partial charge is 0.256 e. The van der Waals surface area contributed by atoms with Crippen LogP contribution in [0.25, 0.3) is 12.2 Å². The molecule has 0 bridgehead atoms. The van der Waals surface area contributed by atoms with Gasteiger partial charge >= 0.3 is 0 Å². The molecule has 0 aliphatic carbocycles. The lowest BCUT2D eigenvalue weighted by atomic mass is 10.1. The highest BCUT2D eigenvalue weighted by atomic mass is 14.7. The average molecular weight is 199 g/mol. The van der Waals surface area contributed by atoms with E-state index in [-0.39, 0.29) is 0 Å². The van der Waals surface area contributed by atoms with Crippen LogP contribution in [-0.2, 0) is 0 Å². The molecule has 15 heavy (non-hydrogen) atoms. The first-order valence-corrected chi connectivity index (χ1v) is 5.75. The number of unbranched alkanes of at least 4 members (excludes halogenated alkanes) is 3. The highest BCUT2D eigenvalue weighted by Crippen LogP contribution is 2.04. The van der Waals surface area contributed by atoms with Crippen molar-refractivity contribution in [2.45, 2.75) is 32.6 Å². The van der Waals surface area contributed by atoms with Crippen molar-refractivity contribution < 1.29 is 0 Å². The summed E-state index contributed by atoms with van der Waals surface area (Å²) in [6.45, 7) is 2.24. The first-order chi connectivity index (χ1) is 7.40. The van der Waals surface area contributed by atoms with Crippen molar-refractivity contribution in [3.05, 3.63) is 28.6 Å². The van der Waals surface area contributed by atoms with Gasteiger partial charge in [0.15, 0.2) is 0 Å². The first-order valence-electron chi connectivity index (χ1n) is 5.75. The Kier molecular flexibility index (Phi) is 3.33. The van der Waals surface area contributed by atoms with Crippen LogP contribution in [0.5, 0.6) is 0 Å². The number of benzene rings is 1. The normalized spacial score (nSPS) is 14.1. The second-order valence-corrected chi connectivity index (χ2v) is 3.96. The molecular formula is C14H17N. The zero-order valence-corrected chi connectivity index (χ0v) is 9.24. The Labute approximate surface area is 90.9 Å². The Hall–Kier alpha value is -1.37. The van der Waals surface area contributed by atoms with Crippen LogP contribution in [-0.4, -0.2) is 6.21 Å². The summed E-state index contributed by atoms with van der Waals surface area (Å²) in [6, 6.07) is 6.49. The van der Waals surface area contributed by atoms with Crippen LogP contribution >= 0.6 is 0 Å². The van der Waals surface area contributed by atoms with Gasteiger partial charge in [0.2, 0.25) is 0 Å². The Morgan fingerprint density at radius 1 is 1.27 bits per heavy atom. The van der Waals surface area contributed by atoms with Gasteiger partial charge in [-0.1, -0.05) is 38.0 Å². The average Bonchev–Trinajstić information content (AvgIpc) is 2.71. The standard InChI is InChI=1S/C14H17N/c1-2-3-4-5-6-12-7-8-13-9-10-15-14(13)11-12/h6-11H,2-5H2,1H3. The molecule has 1 aromatic carbocycles. The number of aliphatic imine (C=N–C) groups is 1. The van der Waals surface area contributed by atoms with Crippen LogP contribution in [0.3, 0.4) is 0 Å². The number of nitrogens with zero attached hydrogens (tertiary/aromatic N) is 1. The van der Waals surface area contributed by atoms with Crippen molar-refractivity contribution in [1.82, 2.24) is 0 Å². The van der Waals surface area contributed by atoms with Crippen molar-refractivity contribution >= 4 is 24.1 Å². The van der Waals surface area contributed by atoms with Crippen molar-refractivity contribution in [2.24, 2.45) is 4.99 Å². The third-order valence-electron chi connectivity index (χ3n) is 2.71. The van der Waals surface area contributed by atoms with Gasteiger partial charge in [-0.15, -0.1) is 0 Å². The molecule has 0 radical (unpaired) electrons. The fourth-order valence-corrected chi connectivity index (χ4v) is 1.80. The summed E-state index contributed by atoms with van der Waals surface area (Å²) in [5, 5.41) is 2.54. The van der Waals surface area contributed by atoms with Crippen LogP contribution in [0.4, 0.5) is 5.69 Å². The van der Waals surface area contributed by atoms with Crippen molar-refractivity contribution in [2.75, 3.05) is 0 Å². The Bertz CT molecular complexity index is 469. The van der Waals surface area contributed by atoms with Crippen molar-refractivity contribution in [1.29, 1.82) is 0 Å². The van der Waals surface area contributed by atoms with E-state index >= 15 is 0 Å². The maximum atomic E-state index is 4.30. The molecule has 1 aliphatic heterocycles. The van der Waals surface area contributed by atoms with E-state index in [1.165, 1.54) is 36.1 Å². The molecule has 0 saturated carbocycles. The molecule has 0 N–H and O–H groups in total. The number of fused-ring (bicyclic) bond motifs is 1. The lowest BCUT2D eigenvalue weighted by Gasteiger charge is -1.94. The molecule has 0 unspecified atom stereocenters.